The van der Waals surface area contributed by atoms with Gasteiger partial charge in [0.25, 0.3) is 12.3 Å². The molecule has 0 saturated heterocycles. The molecule has 32 heavy (non-hydrogen) atoms. The Morgan fingerprint density at radius 1 is 1.19 bits per heavy atom. The van der Waals surface area contributed by atoms with Crippen molar-refractivity contribution in [3.05, 3.63) is 41.5 Å². The lowest BCUT2D eigenvalue weighted by molar-refractivity contribution is -0.199. The average molecular weight is 459 g/mol. The molecule has 0 amide bonds. The van der Waals surface area contributed by atoms with Gasteiger partial charge in [-0.05, 0) is 103 Å². The predicted octanol–water partition coefficient (Wildman–Crippen LogP) is 5.17. The summed E-state index contributed by atoms with van der Waals surface area (Å²) in [7, 11) is 0. The molecular weight excluding hydrogens is 424 g/mol. The van der Waals surface area contributed by atoms with Crippen LogP contribution in [0.2, 0.25) is 0 Å². The van der Waals surface area contributed by atoms with Gasteiger partial charge in [-0.15, -0.1) is 19.5 Å². The van der Waals surface area contributed by atoms with Gasteiger partial charge in [-0.1, -0.05) is 19.9 Å². The quantitative estimate of drug-likeness (QED) is 0.253. The molecule has 2 saturated carbocycles. The third-order valence-corrected chi connectivity index (χ3v) is 9.26. The van der Waals surface area contributed by atoms with Crippen LogP contribution in [0.15, 0.2) is 24.8 Å². The maximum Gasteiger partial charge on any atom is 0.260 e. The van der Waals surface area contributed by atoms with E-state index in [1.165, 1.54) is 49.7 Å². The Labute approximate surface area is 194 Å². The lowest BCUT2D eigenvalue weighted by Gasteiger charge is -2.51. The van der Waals surface area contributed by atoms with Gasteiger partial charge in [0.1, 0.15) is 18.4 Å². The van der Waals surface area contributed by atoms with Crippen LogP contribution in [0.1, 0.15) is 75.0 Å². The molecule has 0 bridgehead atoms. The van der Waals surface area contributed by atoms with Crippen molar-refractivity contribution >= 4 is 12.3 Å². The fraction of sp³-hybridized carbons (Fsp3) is 0.667. The monoisotopic (exact) mass is 458 g/mol. The van der Waals surface area contributed by atoms with Crippen LogP contribution in [0.25, 0.3) is 0 Å². The van der Waals surface area contributed by atoms with E-state index in [2.05, 4.69) is 50.1 Å². The van der Waals surface area contributed by atoms with Crippen LogP contribution in [-0.2, 0) is 28.7 Å². The Bertz CT molecular complexity index is 924. The van der Waals surface area contributed by atoms with E-state index in [9.17, 15) is 0 Å². The van der Waals surface area contributed by atoms with E-state index < -0.39 is 0 Å². The zero-order valence-corrected chi connectivity index (χ0v) is 19.9. The van der Waals surface area contributed by atoms with E-state index in [0.717, 1.165) is 55.2 Å². The SMILES string of the molecule is CCc1cc2c(cc1OSOON)CCC1C2CC[C@@]2(C)C1CC[C@@H]2CCn1cnnc1. The van der Waals surface area contributed by atoms with Crippen LogP contribution in [0.3, 0.4) is 0 Å². The molecule has 1 heterocycles. The summed E-state index contributed by atoms with van der Waals surface area (Å²) in [6.07, 6.45) is 13.7. The van der Waals surface area contributed by atoms with Crippen LogP contribution in [0, 0.1) is 23.2 Å². The first-order valence-electron chi connectivity index (χ1n) is 12.0. The third-order valence-electron chi connectivity index (χ3n) is 8.88. The smallest absolute Gasteiger partial charge is 0.260 e. The van der Waals surface area contributed by atoms with Gasteiger partial charge in [0, 0.05) is 6.54 Å². The van der Waals surface area contributed by atoms with Crippen LogP contribution in [-0.4, -0.2) is 14.8 Å². The van der Waals surface area contributed by atoms with Crippen molar-refractivity contribution in [2.24, 2.45) is 29.1 Å². The molecule has 2 aromatic rings. The van der Waals surface area contributed by atoms with Gasteiger partial charge in [0.05, 0.1) is 0 Å². The summed E-state index contributed by atoms with van der Waals surface area (Å²) < 4.78 is 12.5. The number of aryl methyl sites for hydroxylation is 3. The lowest BCUT2D eigenvalue weighted by Crippen LogP contribution is -2.42. The van der Waals surface area contributed by atoms with E-state index >= 15 is 0 Å². The van der Waals surface area contributed by atoms with Gasteiger partial charge in [0.2, 0.25) is 0 Å². The van der Waals surface area contributed by atoms with Crippen LogP contribution in [0.4, 0.5) is 0 Å². The summed E-state index contributed by atoms with van der Waals surface area (Å²) in [6, 6.07) is 4.63. The van der Waals surface area contributed by atoms with Gasteiger partial charge >= 0.3 is 0 Å². The van der Waals surface area contributed by atoms with Crippen molar-refractivity contribution in [3.63, 3.8) is 0 Å². The van der Waals surface area contributed by atoms with Crippen LogP contribution in [0.5, 0.6) is 5.75 Å². The first-order chi connectivity index (χ1) is 15.6. The number of aromatic nitrogens is 3. The third kappa shape index (κ3) is 3.95. The Morgan fingerprint density at radius 3 is 2.81 bits per heavy atom. The van der Waals surface area contributed by atoms with Crippen molar-refractivity contribution in [3.8, 4) is 5.75 Å². The van der Waals surface area contributed by atoms with Gasteiger partial charge in [-0.25, -0.2) is 0 Å². The first-order valence-corrected chi connectivity index (χ1v) is 12.7. The Hall–Kier alpha value is -1.61. The van der Waals surface area contributed by atoms with Crippen molar-refractivity contribution in [1.82, 2.24) is 14.8 Å². The summed E-state index contributed by atoms with van der Waals surface area (Å²) in [5.41, 5.74) is 4.71. The number of fused-ring (bicyclic) bond motifs is 5. The predicted molar refractivity (Wildman–Crippen MR) is 123 cm³/mol. The molecule has 0 radical (unpaired) electrons. The minimum atomic E-state index is 0.472. The second-order valence-corrected chi connectivity index (χ2v) is 10.5. The normalized spacial score (nSPS) is 31.1. The van der Waals surface area contributed by atoms with Crippen molar-refractivity contribution < 1.29 is 13.5 Å². The molecular formula is C24H34N4O3S. The molecule has 5 rings (SSSR count). The molecule has 5 atom stereocenters. The van der Waals surface area contributed by atoms with E-state index in [0.29, 0.717) is 11.3 Å². The van der Waals surface area contributed by atoms with Gasteiger partial charge in [-0.2, -0.15) is 5.90 Å². The zero-order valence-electron chi connectivity index (χ0n) is 19.0. The van der Waals surface area contributed by atoms with Crippen LogP contribution >= 0.6 is 12.3 Å². The summed E-state index contributed by atoms with van der Waals surface area (Å²) >= 11 is 0.768. The minimum Gasteiger partial charge on any atom is -0.398 e. The summed E-state index contributed by atoms with van der Waals surface area (Å²) in [6.45, 7) is 5.81. The molecule has 174 valence electrons. The Morgan fingerprint density at radius 2 is 2.03 bits per heavy atom. The molecule has 0 spiro atoms. The van der Waals surface area contributed by atoms with Crippen molar-refractivity contribution in [1.29, 1.82) is 0 Å². The average Bonchev–Trinajstić information content (AvgIpc) is 3.44. The van der Waals surface area contributed by atoms with Crippen molar-refractivity contribution in [2.75, 3.05) is 0 Å². The Kier molecular flexibility index (Phi) is 6.47. The molecule has 0 aliphatic heterocycles. The zero-order chi connectivity index (χ0) is 22.1. The molecule has 1 aromatic carbocycles. The maximum absolute atomic E-state index is 5.71. The van der Waals surface area contributed by atoms with Gasteiger partial charge in [0.15, 0.2) is 0 Å². The molecule has 3 aliphatic rings. The molecule has 2 N–H and O–H groups in total. The number of nitrogens with zero attached hydrogens (tertiary/aromatic N) is 3. The molecule has 3 unspecified atom stereocenters. The highest BCUT2D eigenvalue weighted by atomic mass is 32.2. The summed E-state index contributed by atoms with van der Waals surface area (Å²) in [5.74, 6) is 8.92. The summed E-state index contributed by atoms with van der Waals surface area (Å²) in [5, 5.41) is 7.93. The highest BCUT2D eigenvalue weighted by Crippen LogP contribution is 2.63. The minimum absolute atomic E-state index is 0.472. The summed E-state index contributed by atoms with van der Waals surface area (Å²) in [4.78, 5) is 4.15. The van der Waals surface area contributed by atoms with Crippen LogP contribution < -0.4 is 10.1 Å². The standard InChI is InChI=1S/C24H34N4O3S/c1-3-16-12-21-17(13-23(16)29-32-31-30-25)4-6-20-19(21)8-10-24(2)18(5-7-22(20)24)9-11-28-14-26-27-15-28/h12-15,18-20,22H,3-11,25H2,1-2H3/t18-,19?,20?,22?,24-/m1/s1. The van der Waals surface area contributed by atoms with E-state index in [1.54, 1.807) is 5.56 Å². The lowest BCUT2D eigenvalue weighted by atomic mass is 9.54. The fourth-order valence-corrected chi connectivity index (χ4v) is 7.58. The first kappa shape index (κ1) is 22.2. The van der Waals surface area contributed by atoms with E-state index in [1.807, 2.05) is 12.7 Å². The molecule has 2 fully saturated rings. The largest absolute Gasteiger partial charge is 0.398 e. The maximum atomic E-state index is 5.71. The Balaban J connectivity index is 1.33. The highest BCUT2D eigenvalue weighted by molar-refractivity contribution is 7.90. The molecule has 3 aliphatic carbocycles. The second kappa shape index (κ2) is 9.33. The second-order valence-electron chi connectivity index (χ2n) is 10.1. The number of hydrogen-bond acceptors (Lipinski definition) is 7. The molecule has 8 heteroatoms. The van der Waals surface area contributed by atoms with Gasteiger partial charge in [-0.3, -0.25) is 0 Å². The fourth-order valence-electron chi connectivity index (χ4n) is 7.29. The highest BCUT2D eigenvalue weighted by Gasteiger charge is 2.54. The molecule has 7 nitrogen and oxygen atoms in total. The van der Waals surface area contributed by atoms with Gasteiger partial charge < -0.3 is 8.75 Å². The topological polar surface area (TPSA) is 84.4 Å². The van der Waals surface area contributed by atoms with Crippen molar-refractivity contribution in [2.45, 2.75) is 77.7 Å². The van der Waals surface area contributed by atoms with E-state index in [-0.39, 0.29) is 0 Å². The number of nitrogens with two attached hydrogens (primary N) is 1. The number of rotatable bonds is 8. The van der Waals surface area contributed by atoms with E-state index in [4.69, 9.17) is 10.1 Å². The molecule has 1 aromatic heterocycles. The number of benzene rings is 1. The number of hydrogen-bond donors (Lipinski definition) is 1.